The average molecular weight is 230 g/mol. The number of hydrogen-bond acceptors (Lipinski definition) is 3. The summed E-state index contributed by atoms with van der Waals surface area (Å²) < 4.78 is 5.23. The fourth-order valence-corrected chi connectivity index (χ4v) is 1.49. The molecule has 0 radical (unpaired) electrons. The first-order chi connectivity index (χ1) is 7.60. The van der Waals surface area contributed by atoms with Crippen LogP contribution in [0.3, 0.4) is 0 Å². The van der Waals surface area contributed by atoms with Crippen molar-refractivity contribution >= 4 is 5.91 Å². The summed E-state index contributed by atoms with van der Waals surface area (Å²) in [5.41, 5.74) is 5.45. The standard InChI is InChI=1S/C12H26N2O2/c1-4-16-9-11(3)14-12(15)6-5-10(2)7-8-13/h10-11H,4-9,13H2,1-3H3,(H,14,15). The molecule has 0 fully saturated rings. The molecule has 96 valence electrons. The molecule has 2 unspecified atom stereocenters. The van der Waals surface area contributed by atoms with Gasteiger partial charge < -0.3 is 15.8 Å². The maximum Gasteiger partial charge on any atom is 0.220 e. The van der Waals surface area contributed by atoms with Gasteiger partial charge in [0.15, 0.2) is 0 Å². The van der Waals surface area contributed by atoms with Crippen LogP contribution in [-0.2, 0) is 9.53 Å². The van der Waals surface area contributed by atoms with E-state index >= 15 is 0 Å². The Bertz CT molecular complexity index is 186. The van der Waals surface area contributed by atoms with Gasteiger partial charge in [0, 0.05) is 19.1 Å². The van der Waals surface area contributed by atoms with E-state index in [9.17, 15) is 4.79 Å². The van der Waals surface area contributed by atoms with Crippen LogP contribution in [0.25, 0.3) is 0 Å². The first-order valence-electron chi connectivity index (χ1n) is 6.17. The Kier molecular flexibility index (Phi) is 9.24. The summed E-state index contributed by atoms with van der Waals surface area (Å²) in [7, 11) is 0. The van der Waals surface area contributed by atoms with Crippen molar-refractivity contribution in [3.8, 4) is 0 Å². The molecule has 0 aromatic rings. The smallest absolute Gasteiger partial charge is 0.220 e. The molecule has 1 amide bonds. The number of hydrogen-bond donors (Lipinski definition) is 2. The quantitative estimate of drug-likeness (QED) is 0.627. The third kappa shape index (κ3) is 8.68. The second-order valence-corrected chi connectivity index (χ2v) is 4.35. The minimum absolute atomic E-state index is 0.0947. The van der Waals surface area contributed by atoms with E-state index in [1.807, 2.05) is 13.8 Å². The zero-order valence-electron chi connectivity index (χ0n) is 10.8. The lowest BCUT2D eigenvalue weighted by molar-refractivity contribution is -0.122. The molecule has 0 aliphatic heterocycles. The van der Waals surface area contributed by atoms with Crippen LogP contribution in [0.1, 0.15) is 40.0 Å². The lowest BCUT2D eigenvalue weighted by Crippen LogP contribution is -2.35. The fourth-order valence-electron chi connectivity index (χ4n) is 1.49. The summed E-state index contributed by atoms with van der Waals surface area (Å²) in [5, 5.41) is 2.92. The van der Waals surface area contributed by atoms with E-state index in [0.29, 0.717) is 32.1 Å². The molecule has 0 aromatic heterocycles. The van der Waals surface area contributed by atoms with Crippen LogP contribution in [-0.4, -0.2) is 31.7 Å². The summed E-state index contributed by atoms with van der Waals surface area (Å²) in [6.45, 7) is 8.00. The van der Waals surface area contributed by atoms with Crippen LogP contribution in [0.4, 0.5) is 0 Å². The molecular weight excluding hydrogens is 204 g/mol. The van der Waals surface area contributed by atoms with E-state index in [4.69, 9.17) is 10.5 Å². The highest BCUT2D eigenvalue weighted by Crippen LogP contribution is 2.08. The van der Waals surface area contributed by atoms with Crippen LogP contribution in [0, 0.1) is 5.92 Å². The highest BCUT2D eigenvalue weighted by molar-refractivity contribution is 5.76. The lowest BCUT2D eigenvalue weighted by Gasteiger charge is -2.14. The third-order valence-electron chi connectivity index (χ3n) is 2.50. The Labute approximate surface area is 98.9 Å². The van der Waals surface area contributed by atoms with Crippen molar-refractivity contribution in [1.29, 1.82) is 0 Å². The first kappa shape index (κ1) is 15.4. The van der Waals surface area contributed by atoms with Crippen molar-refractivity contribution in [3.63, 3.8) is 0 Å². The van der Waals surface area contributed by atoms with Gasteiger partial charge in [0.25, 0.3) is 0 Å². The van der Waals surface area contributed by atoms with Gasteiger partial charge in [-0.25, -0.2) is 0 Å². The number of amides is 1. The third-order valence-corrected chi connectivity index (χ3v) is 2.50. The van der Waals surface area contributed by atoms with Crippen LogP contribution < -0.4 is 11.1 Å². The van der Waals surface area contributed by atoms with E-state index in [-0.39, 0.29) is 11.9 Å². The predicted molar refractivity (Wildman–Crippen MR) is 66.2 cm³/mol. The number of nitrogens with two attached hydrogens (primary N) is 1. The topological polar surface area (TPSA) is 64.3 Å². The van der Waals surface area contributed by atoms with Crippen LogP contribution in [0.2, 0.25) is 0 Å². The van der Waals surface area contributed by atoms with Crippen molar-refractivity contribution in [1.82, 2.24) is 5.32 Å². The van der Waals surface area contributed by atoms with Crippen molar-refractivity contribution in [2.45, 2.75) is 46.1 Å². The molecule has 0 heterocycles. The molecular formula is C12H26N2O2. The molecule has 0 spiro atoms. The van der Waals surface area contributed by atoms with E-state index in [0.717, 1.165) is 12.8 Å². The molecule has 4 heteroatoms. The normalized spacial score (nSPS) is 14.5. The van der Waals surface area contributed by atoms with Crippen LogP contribution in [0.5, 0.6) is 0 Å². The summed E-state index contributed by atoms with van der Waals surface area (Å²) in [5.74, 6) is 0.633. The van der Waals surface area contributed by atoms with Crippen LogP contribution >= 0.6 is 0 Å². The number of carbonyl (C=O) groups excluding carboxylic acids is 1. The van der Waals surface area contributed by atoms with Gasteiger partial charge in [-0.1, -0.05) is 6.92 Å². The Morgan fingerprint density at radius 1 is 1.38 bits per heavy atom. The SMILES string of the molecule is CCOCC(C)NC(=O)CCC(C)CCN. The van der Waals surface area contributed by atoms with Gasteiger partial charge in [0.05, 0.1) is 6.61 Å². The summed E-state index contributed by atoms with van der Waals surface area (Å²) in [4.78, 5) is 11.5. The maximum atomic E-state index is 11.5. The van der Waals surface area contributed by atoms with E-state index in [1.54, 1.807) is 0 Å². The number of ether oxygens (including phenoxy) is 1. The molecule has 0 saturated carbocycles. The summed E-state index contributed by atoms with van der Waals surface area (Å²) in [6, 6.07) is 0.0947. The Balaban J connectivity index is 3.57. The van der Waals surface area contributed by atoms with Gasteiger partial charge >= 0.3 is 0 Å². The zero-order chi connectivity index (χ0) is 12.4. The molecule has 4 nitrogen and oxygen atoms in total. The van der Waals surface area contributed by atoms with Gasteiger partial charge in [-0.05, 0) is 39.2 Å². The second-order valence-electron chi connectivity index (χ2n) is 4.35. The lowest BCUT2D eigenvalue weighted by atomic mass is 10.0. The van der Waals surface area contributed by atoms with Gasteiger partial charge in [-0.3, -0.25) is 4.79 Å². The fraction of sp³-hybridized carbons (Fsp3) is 0.917. The Hall–Kier alpha value is -0.610. The number of rotatable bonds is 9. The minimum Gasteiger partial charge on any atom is -0.380 e. The monoisotopic (exact) mass is 230 g/mol. The molecule has 2 atom stereocenters. The molecule has 3 N–H and O–H groups in total. The molecule has 0 rings (SSSR count). The maximum absolute atomic E-state index is 11.5. The first-order valence-corrected chi connectivity index (χ1v) is 6.17. The van der Waals surface area contributed by atoms with Gasteiger partial charge in [0.1, 0.15) is 0 Å². The van der Waals surface area contributed by atoms with Gasteiger partial charge in [-0.15, -0.1) is 0 Å². The van der Waals surface area contributed by atoms with Crippen molar-refractivity contribution in [3.05, 3.63) is 0 Å². The highest BCUT2D eigenvalue weighted by atomic mass is 16.5. The average Bonchev–Trinajstić information content (AvgIpc) is 2.24. The number of nitrogens with one attached hydrogen (secondary N) is 1. The molecule has 0 aliphatic rings. The highest BCUT2D eigenvalue weighted by Gasteiger charge is 2.09. The summed E-state index contributed by atoms with van der Waals surface area (Å²) in [6.07, 6.45) is 2.48. The molecule has 0 aromatic carbocycles. The van der Waals surface area contributed by atoms with Crippen LogP contribution in [0.15, 0.2) is 0 Å². The minimum atomic E-state index is 0.0947. The molecule has 0 bridgehead atoms. The molecule has 0 aliphatic carbocycles. The molecule has 16 heavy (non-hydrogen) atoms. The van der Waals surface area contributed by atoms with E-state index in [1.165, 1.54) is 0 Å². The van der Waals surface area contributed by atoms with Gasteiger partial charge in [-0.2, -0.15) is 0 Å². The van der Waals surface area contributed by atoms with Crippen molar-refractivity contribution < 1.29 is 9.53 Å². The van der Waals surface area contributed by atoms with E-state index in [2.05, 4.69) is 12.2 Å². The molecule has 0 saturated heterocycles. The van der Waals surface area contributed by atoms with Crippen molar-refractivity contribution in [2.24, 2.45) is 11.7 Å². The second kappa shape index (κ2) is 9.60. The predicted octanol–water partition coefficient (Wildman–Crippen LogP) is 1.29. The largest absolute Gasteiger partial charge is 0.380 e. The Morgan fingerprint density at radius 2 is 2.06 bits per heavy atom. The van der Waals surface area contributed by atoms with Crippen molar-refractivity contribution in [2.75, 3.05) is 19.8 Å². The number of carbonyl (C=O) groups is 1. The van der Waals surface area contributed by atoms with Gasteiger partial charge in [0.2, 0.25) is 5.91 Å². The van der Waals surface area contributed by atoms with E-state index < -0.39 is 0 Å². The summed E-state index contributed by atoms with van der Waals surface area (Å²) >= 11 is 0. The Morgan fingerprint density at radius 3 is 2.62 bits per heavy atom. The zero-order valence-corrected chi connectivity index (χ0v) is 10.8.